The molecule has 0 amide bonds. The molecular weight excluding hydrogens is 226 g/mol. The molecule has 1 aromatic carbocycles. The van der Waals surface area contributed by atoms with Crippen LogP contribution in [-0.4, -0.2) is 23.3 Å². The molecule has 0 saturated carbocycles. The lowest BCUT2D eigenvalue weighted by atomic mass is 10.0. The van der Waals surface area contributed by atoms with Gasteiger partial charge >= 0.3 is 0 Å². The van der Waals surface area contributed by atoms with Gasteiger partial charge in [0, 0.05) is 18.2 Å². The number of aliphatic hydroxyl groups is 1. The second kappa shape index (κ2) is 5.46. The summed E-state index contributed by atoms with van der Waals surface area (Å²) in [5.41, 5.74) is 2.83. The second-order valence-corrected chi connectivity index (χ2v) is 4.53. The van der Waals surface area contributed by atoms with Gasteiger partial charge in [0.15, 0.2) is 0 Å². The van der Waals surface area contributed by atoms with Crippen molar-refractivity contribution < 1.29 is 9.84 Å². The first-order valence-corrected chi connectivity index (χ1v) is 6.24. The van der Waals surface area contributed by atoms with E-state index in [4.69, 9.17) is 4.74 Å². The van der Waals surface area contributed by atoms with Crippen molar-refractivity contribution in [2.45, 2.75) is 32.5 Å². The highest BCUT2D eigenvalue weighted by atomic mass is 16.5. The topological polar surface area (TPSA) is 42.4 Å². The number of hydrogen-bond donors (Lipinski definition) is 1. The van der Waals surface area contributed by atoms with Crippen molar-refractivity contribution >= 4 is 10.9 Å². The molecule has 2 aromatic rings. The van der Waals surface area contributed by atoms with Crippen LogP contribution in [0.1, 0.15) is 30.7 Å². The number of rotatable bonds is 4. The molecule has 1 N–H and O–H groups in total. The predicted molar refractivity (Wildman–Crippen MR) is 72.5 cm³/mol. The molecule has 18 heavy (non-hydrogen) atoms. The molecule has 2 atom stereocenters. The Morgan fingerprint density at radius 1 is 1.28 bits per heavy atom. The number of pyridine rings is 1. The molecule has 0 aliphatic carbocycles. The monoisotopic (exact) mass is 245 g/mol. The van der Waals surface area contributed by atoms with E-state index in [0.717, 1.165) is 28.6 Å². The maximum absolute atomic E-state index is 10.2. The molecule has 2 unspecified atom stereocenters. The molecule has 0 spiro atoms. The first-order valence-electron chi connectivity index (χ1n) is 6.24. The fraction of sp³-hybridized carbons (Fsp3) is 0.400. The average Bonchev–Trinajstić information content (AvgIpc) is 2.39. The lowest BCUT2D eigenvalue weighted by Crippen LogP contribution is -2.19. The zero-order chi connectivity index (χ0) is 13.1. The number of nitrogens with zero attached hydrogens (tertiary/aromatic N) is 1. The number of aromatic nitrogens is 1. The third kappa shape index (κ3) is 2.52. The van der Waals surface area contributed by atoms with E-state index in [1.807, 2.05) is 44.2 Å². The standard InChI is InChI=1S/C15H19NO2/c1-4-14(18-3)15(17)12-7-8-13-11(9-12)6-5-10(2)16-13/h5-9,14-15,17H,4H2,1-3H3. The van der Waals surface area contributed by atoms with E-state index in [9.17, 15) is 5.11 Å². The molecule has 3 nitrogen and oxygen atoms in total. The maximum atomic E-state index is 10.2. The molecule has 0 saturated heterocycles. The van der Waals surface area contributed by atoms with Crippen LogP contribution < -0.4 is 0 Å². The summed E-state index contributed by atoms with van der Waals surface area (Å²) in [7, 11) is 1.63. The first-order chi connectivity index (χ1) is 8.65. The third-order valence-electron chi connectivity index (χ3n) is 3.25. The van der Waals surface area contributed by atoms with Crippen molar-refractivity contribution in [1.82, 2.24) is 4.98 Å². The first kappa shape index (κ1) is 13.0. The van der Waals surface area contributed by atoms with Gasteiger partial charge in [-0.25, -0.2) is 0 Å². The molecule has 1 heterocycles. The molecule has 3 heteroatoms. The molecule has 1 aromatic heterocycles. The van der Waals surface area contributed by atoms with Gasteiger partial charge in [0.2, 0.25) is 0 Å². The molecule has 0 radical (unpaired) electrons. The van der Waals surface area contributed by atoms with Crippen LogP contribution in [-0.2, 0) is 4.74 Å². The Hall–Kier alpha value is -1.45. The summed E-state index contributed by atoms with van der Waals surface area (Å²) in [6, 6.07) is 9.85. The lowest BCUT2D eigenvalue weighted by molar-refractivity contribution is -0.0148. The maximum Gasteiger partial charge on any atom is 0.105 e. The second-order valence-electron chi connectivity index (χ2n) is 4.53. The Kier molecular flexibility index (Phi) is 3.94. The number of aryl methyl sites for hydroxylation is 1. The highest BCUT2D eigenvalue weighted by Crippen LogP contribution is 2.24. The molecule has 0 aliphatic rings. The SMILES string of the molecule is CCC(OC)C(O)c1ccc2nc(C)ccc2c1. The minimum absolute atomic E-state index is 0.166. The number of ether oxygens (including phenoxy) is 1. The molecule has 96 valence electrons. The number of aliphatic hydroxyl groups excluding tert-OH is 1. The largest absolute Gasteiger partial charge is 0.386 e. The average molecular weight is 245 g/mol. The molecule has 2 rings (SSSR count). The Balaban J connectivity index is 2.37. The minimum Gasteiger partial charge on any atom is -0.386 e. The van der Waals surface area contributed by atoms with Gasteiger partial charge < -0.3 is 9.84 Å². The summed E-state index contributed by atoms with van der Waals surface area (Å²) in [5, 5.41) is 11.3. The minimum atomic E-state index is -0.592. The van der Waals surface area contributed by atoms with Crippen molar-refractivity contribution in [1.29, 1.82) is 0 Å². The summed E-state index contributed by atoms with van der Waals surface area (Å²) >= 11 is 0. The quantitative estimate of drug-likeness (QED) is 0.900. The third-order valence-corrected chi connectivity index (χ3v) is 3.25. The Morgan fingerprint density at radius 3 is 2.72 bits per heavy atom. The van der Waals surface area contributed by atoms with E-state index in [-0.39, 0.29) is 6.10 Å². The Morgan fingerprint density at radius 2 is 2.06 bits per heavy atom. The number of hydrogen-bond acceptors (Lipinski definition) is 3. The van der Waals surface area contributed by atoms with Crippen LogP contribution in [0.25, 0.3) is 10.9 Å². The van der Waals surface area contributed by atoms with Crippen molar-refractivity contribution in [2.24, 2.45) is 0 Å². The van der Waals surface area contributed by atoms with Gasteiger partial charge in [0.25, 0.3) is 0 Å². The van der Waals surface area contributed by atoms with Gasteiger partial charge in [0.05, 0.1) is 11.6 Å². The van der Waals surface area contributed by atoms with Crippen molar-refractivity contribution in [2.75, 3.05) is 7.11 Å². The highest BCUT2D eigenvalue weighted by molar-refractivity contribution is 5.79. The van der Waals surface area contributed by atoms with Gasteiger partial charge in [-0.3, -0.25) is 4.98 Å². The van der Waals surface area contributed by atoms with Crippen molar-refractivity contribution in [3.05, 3.63) is 41.6 Å². The van der Waals surface area contributed by atoms with Crippen LogP contribution in [0.4, 0.5) is 0 Å². The number of methoxy groups -OCH3 is 1. The van der Waals surface area contributed by atoms with Gasteiger partial charge in [-0.15, -0.1) is 0 Å². The highest BCUT2D eigenvalue weighted by Gasteiger charge is 2.18. The van der Waals surface area contributed by atoms with Crippen LogP contribution in [0.15, 0.2) is 30.3 Å². The fourth-order valence-corrected chi connectivity index (χ4v) is 2.16. The van der Waals surface area contributed by atoms with E-state index < -0.39 is 6.10 Å². The van der Waals surface area contributed by atoms with Gasteiger partial charge in [-0.2, -0.15) is 0 Å². The lowest BCUT2D eigenvalue weighted by Gasteiger charge is -2.20. The van der Waals surface area contributed by atoms with Gasteiger partial charge in [0.1, 0.15) is 6.10 Å². The number of benzene rings is 1. The smallest absolute Gasteiger partial charge is 0.105 e. The van der Waals surface area contributed by atoms with Gasteiger partial charge in [-0.1, -0.05) is 19.1 Å². The summed E-state index contributed by atoms with van der Waals surface area (Å²) in [5.74, 6) is 0. The summed E-state index contributed by atoms with van der Waals surface area (Å²) in [6.45, 7) is 3.98. The Bertz CT molecular complexity index is 535. The van der Waals surface area contributed by atoms with E-state index in [1.54, 1.807) is 7.11 Å². The molecule has 0 aliphatic heterocycles. The van der Waals surface area contributed by atoms with Crippen LogP contribution in [0.2, 0.25) is 0 Å². The predicted octanol–water partition coefficient (Wildman–Crippen LogP) is 3.00. The fourth-order valence-electron chi connectivity index (χ4n) is 2.16. The zero-order valence-electron chi connectivity index (χ0n) is 11.1. The van der Waals surface area contributed by atoms with Gasteiger partial charge in [-0.05, 0) is 37.1 Å². The molecule has 0 fully saturated rings. The van der Waals surface area contributed by atoms with Crippen LogP contribution >= 0.6 is 0 Å². The van der Waals surface area contributed by atoms with Crippen molar-refractivity contribution in [3.63, 3.8) is 0 Å². The van der Waals surface area contributed by atoms with Crippen LogP contribution in [0.3, 0.4) is 0 Å². The summed E-state index contributed by atoms with van der Waals surface area (Å²) in [6.07, 6.45) is 0.0218. The van der Waals surface area contributed by atoms with Crippen LogP contribution in [0.5, 0.6) is 0 Å². The molecular formula is C15H19NO2. The summed E-state index contributed by atoms with van der Waals surface area (Å²) in [4.78, 5) is 4.45. The van der Waals surface area contributed by atoms with Crippen molar-refractivity contribution in [3.8, 4) is 0 Å². The van der Waals surface area contributed by atoms with E-state index in [2.05, 4.69) is 4.98 Å². The number of fused-ring (bicyclic) bond motifs is 1. The van der Waals surface area contributed by atoms with E-state index in [1.165, 1.54) is 0 Å². The Labute approximate surface area is 107 Å². The van der Waals surface area contributed by atoms with E-state index in [0.29, 0.717) is 0 Å². The van der Waals surface area contributed by atoms with Crippen LogP contribution in [0, 0.1) is 6.92 Å². The van der Waals surface area contributed by atoms with E-state index >= 15 is 0 Å². The normalized spacial score (nSPS) is 14.7. The molecule has 0 bridgehead atoms. The zero-order valence-corrected chi connectivity index (χ0v) is 11.1. The summed E-state index contributed by atoms with van der Waals surface area (Å²) < 4.78 is 5.28.